The molecule has 2 aliphatic rings. The second kappa shape index (κ2) is 7.42. The monoisotopic (exact) mass is 348 g/mol. The smallest absolute Gasteiger partial charge is 0.303 e. The summed E-state index contributed by atoms with van der Waals surface area (Å²) in [7, 11) is 0. The minimum atomic E-state index is -0.894. The second-order valence-electron chi connectivity index (χ2n) is 6.01. The number of hydrogen-bond donors (Lipinski definition) is 2. The molecule has 2 N–H and O–H groups in total. The molecular formula is C17H20N2O6. The van der Waals surface area contributed by atoms with E-state index in [2.05, 4.69) is 5.32 Å². The SMILES string of the molecule is O=C(O)CCCNC(=O)C1CCCN1C(=O)c1ccc2c(c1)OCO2. The van der Waals surface area contributed by atoms with Gasteiger partial charge in [-0.15, -0.1) is 0 Å². The number of carboxylic acid groups (broad SMARTS) is 1. The number of nitrogens with one attached hydrogen (secondary N) is 1. The Morgan fingerprint density at radius 3 is 2.84 bits per heavy atom. The number of likely N-dealkylation sites (tertiary alicyclic amines) is 1. The molecule has 2 heterocycles. The average molecular weight is 348 g/mol. The molecule has 1 aromatic carbocycles. The van der Waals surface area contributed by atoms with E-state index in [0.717, 1.165) is 6.42 Å². The number of aliphatic carboxylic acids is 1. The lowest BCUT2D eigenvalue weighted by atomic mass is 10.1. The molecule has 0 saturated carbocycles. The van der Waals surface area contributed by atoms with Crippen LogP contribution in [0.4, 0.5) is 0 Å². The van der Waals surface area contributed by atoms with Crippen molar-refractivity contribution in [3.63, 3.8) is 0 Å². The van der Waals surface area contributed by atoms with Gasteiger partial charge in [0.2, 0.25) is 12.7 Å². The van der Waals surface area contributed by atoms with Crippen molar-refractivity contribution in [3.8, 4) is 11.5 Å². The van der Waals surface area contributed by atoms with Crippen molar-refractivity contribution in [2.75, 3.05) is 19.9 Å². The van der Waals surface area contributed by atoms with Gasteiger partial charge in [-0.3, -0.25) is 14.4 Å². The topological polar surface area (TPSA) is 105 Å². The van der Waals surface area contributed by atoms with E-state index in [1.54, 1.807) is 23.1 Å². The lowest BCUT2D eigenvalue weighted by Crippen LogP contribution is -2.46. The molecule has 8 heteroatoms. The standard InChI is InChI=1S/C17H20N2O6/c20-15(21)4-1-7-18-16(22)12-3-2-8-19(12)17(23)11-5-6-13-14(9-11)25-10-24-13/h5-6,9,12H,1-4,7-8,10H2,(H,18,22)(H,20,21). The summed E-state index contributed by atoms with van der Waals surface area (Å²) in [6, 6.07) is 4.45. The van der Waals surface area contributed by atoms with Gasteiger partial charge in [0.25, 0.3) is 5.91 Å². The quantitative estimate of drug-likeness (QED) is 0.743. The molecule has 0 aliphatic carbocycles. The zero-order valence-corrected chi connectivity index (χ0v) is 13.7. The lowest BCUT2D eigenvalue weighted by molar-refractivity contribution is -0.137. The van der Waals surface area contributed by atoms with E-state index in [-0.39, 0.29) is 31.6 Å². The van der Waals surface area contributed by atoms with Crippen LogP contribution >= 0.6 is 0 Å². The zero-order chi connectivity index (χ0) is 17.8. The van der Waals surface area contributed by atoms with Crippen LogP contribution in [0, 0.1) is 0 Å². The predicted octanol–water partition coefficient (Wildman–Crippen LogP) is 1.00. The molecule has 0 radical (unpaired) electrons. The molecule has 1 atom stereocenters. The Kier molecular flexibility index (Phi) is 5.06. The number of rotatable bonds is 6. The van der Waals surface area contributed by atoms with Crippen LogP contribution in [0.3, 0.4) is 0 Å². The first-order valence-corrected chi connectivity index (χ1v) is 8.26. The van der Waals surface area contributed by atoms with Crippen molar-refractivity contribution in [2.24, 2.45) is 0 Å². The molecule has 2 aliphatic heterocycles. The predicted molar refractivity (Wildman–Crippen MR) is 86.5 cm³/mol. The largest absolute Gasteiger partial charge is 0.481 e. The minimum absolute atomic E-state index is 0.00475. The van der Waals surface area contributed by atoms with E-state index >= 15 is 0 Å². The number of benzene rings is 1. The van der Waals surface area contributed by atoms with E-state index in [1.165, 1.54) is 0 Å². The summed E-state index contributed by atoms with van der Waals surface area (Å²) < 4.78 is 10.5. The maximum absolute atomic E-state index is 12.8. The Balaban J connectivity index is 1.61. The number of hydrogen-bond acceptors (Lipinski definition) is 5. The summed E-state index contributed by atoms with van der Waals surface area (Å²) in [6.45, 7) is 0.937. The Morgan fingerprint density at radius 1 is 1.24 bits per heavy atom. The molecule has 0 spiro atoms. The first-order valence-electron chi connectivity index (χ1n) is 8.26. The molecule has 1 unspecified atom stereocenters. The molecule has 2 amide bonds. The molecular weight excluding hydrogens is 328 g/mol. The highest BCUT2D eigenvalue weighted by Gasteiger charge is 2.34. The van der Waals surface area contributed by atoms with Gasteiger partial charge in [-0.2, -0.15) is 0 Å². The summed E-state index contributed by atoms with van der Waals surface area (Å²) in [6.07, 6.45) is 1.72. The fourth-order valence-electron chi connectivity index (χ4n) is 3.05. The van der Waals surface area contributed by atoms with Gasteiger partial charge in [-0.05, 0) is 37.5 Å². The number of fused-ring (bicyclic) bond motifs is 1. The van der Waals surface area contributed by atoms with Crippen LogP contribution in [0.5, 0.6) is 11.5 Å². The number of amides is 2. The fraction of sp³-hybridized carbons (Fsp3) is 0.471. The van der Waals surface area contributed by atoms with Crippen LogP contribution in [0.2, 0.25) is 0 Å². The summed E-state index contributed by atoms with van der Waals surface area (Å²) in [5.74, 6) is -0.224. The van der Waals surface area contributed by atoms with Gasteiger partial charge >= 0.3 is 5.97 Å². The van der Waals surface area contributed by atoms with Gasteiger partial charge < -0.3 is 24.8 Å². The van der Waals surface area contributed by atoms with Crippen molar-refractivity contribution >= 4 is 17.8 Å². The lowest BCUT2D eigenvalue weighted by Gasteiger charge is -2.24. The van der Waals surface area contributed by atoms with E-state index < -0.39 is 12.0 Å². The van der Waals surface area contributed by atoms with Crippen LogP contribution < -0.4 is 14.8 Å². The van der Waals surface area contributed by atoms with Crippen molar-refractivity contribution in [2.45, 2.75) is 31.7 Å². The number of carbonyl (C=O) groups is 3. The number of ether oxygens (including phenoxy) is 2. The summed E-state index contributed by atoms with van der Waals surface area (Å²) in [4.78, 5) is 37.1. The molecule has 0 bridgehead atoms. The van der Waals surface area contributed by atoms with Gasteiger partial charge in [0.1, 0.15) is 6.04 Å². The van der Waals surface area contributed by atoms with Crippen LogP contribution in [-0.4, -0.2) is 53.7 Å². The molecule has 134 valence electrons. The molecule has 8 nitrogen and oxygen atoms in total. The van der Waals surface area contributed by atoms with Gasteiger partial charge in [0.15, 0.2) is 11.5 Å². The Morgan fingerprint density at radius 2 is 2.04 bits per heavy atom. The third kappa shape index (κ3) is 3.84. The summed E-state index contributed by atoms with van der Waals surface area (Å²) >= 11 is 0. The maximum atomic E-state index is 12.8. The highest BCUT2D eigenvalue weighted by atomic mass is 16.7. The average Bonchev–Trinajstić information content (AvgIpc) is 3.25. The number of carboxylic acids is 1. The van der Waals surface area contributed by atoms with Crippen molar-refractivity contribution < 1.29 is 29.0 Å². The summed E-state index contributed by atoms with van der Waals surface area (Å²) in [5, 5.41) is 11.3. The first kappa shape index (κ1) is 17.1. The third-order valence-electron chi connectivity index (χ3n) is 4.30. The third-order valence-corrected chi connectivity index (χ3v) is 4.30. The van der Waals surface area contributed by atoms with Crippen LogP contribution in [0.15, 0.2) is 18.2 Å². The normalized spacial score (nSPS) is 18.2. The van der Waals surface area contributed by atoms with Gasteiger partial charge in [0.05, 0.1) is 0 Å². The van der Waals surface area contributed by atoms with E-state index in [1.807, 2.05) is 0 Å². The van der Waals surface area contributed by atoms with Gasteiger partial charge in [0, 0.05) is 25.1 Å². The fourth-order valence-corrected chi connectivity index (χ4v) is 3.05. The van der Waals surface area contributed by atoms with E-state index in [0.29, 0.717) is 36.4 Å². The second-order valence-corrected chi connectivity index (χ2v) is 6.01. The molecule has 25 heavy (non-hydrogen) atoms. The van der Waals surface area contributed by atoms with Crippen LogP contribution in [0.25, 0.3) is 0 Å². The molecule has 1 fully saturated rings. The highest BCUT2D eigenvalue weighted by molar-refractivity contribution is 5.98. The first-order chi connectivity index (χ1) is 12.1. The molecule has 1 saturated heterocycles. The zero-order valence-electron chi connectivity index (χ0n) is 13.7. The Labute approximate surface area is 144 Å². The van der Waals surface area contributed by atoms with Crippen molar-refractivity contribution in [1.29, 1.82) is 0 Å². The number of nitrogens with zero attached hydrogens (tertiary/aromatic N) is 1. The molecule has 1 aromatic rings. The van der Waals surface area contributed by atoms with Gasteiger partial charge in [-0.25, -0.2) is 0 Å². The van der Waals surface area contributed by atoms with E-state index in [4.69, 9.17) is 14.6 Å². The maximum Gasteiger partial charge on any atom is 0.303 e. The Bertz CT molecular complexity index is 690. The Hall–Kier alpha value is -2.77. The van der Waals surface area contributed by atoms with Crippen LogP contribution in [0.1, 0.15) is 36.0 Å². The number of carbonyl (C=O) groups excluding carboxylic acids is 2. The van der Waals surface area contributed by atoms with Crippen molar-refractivity contribution in [1.82, 2.24) is 10.2 Å². The molecule has 3 rings (SSSR count). The minimum Gasteiger partial charge on any atom is -0.481 e. The van der Waals surface area contributed by atoms with Gasteiger partial charge in [-0.1, -0.05) is 0 Å². The van der Waals surface area contributed by atoms with E-state index in [9.17, 15) is 14.4 Å². The summed E-state index contributed by atoms with van der Waals surface area (Å²) in [5.41, 5.74) is 0.454. The molecule has 0 aromatic heterocycles. The van der Waals surface area contributed by atoms with Crippen molar-refractivity contribution in [3.05, 3.63) is 23.8 Å². The van der Waals surface area contributed by atoms with Crippen LogP contribution in [-0.2, 0) is 9.59 Å². The highest BCUT2D eigenvalue weighted by Crippen LogP contribution is 2.33.